The summed E-state index contributed by atoms with van der Waals surface area (Å²) in [6.07, 6.45) is 5.45. The van der Waals surface area contributed by atoms with Gasteiger partial charge in [0, 0.05) is 28.8 Å². The number of nitriles is 1. The molecule has 2 aromatic heterocycles. The molecule has 0 radical (unpaired) electrons. The number of aryl methyl sites for hydroxylation is 1. The van der Waals surface area contributed by atoms with Gasteiger partial charge in [0.2, 0.25) is 0 Å². The second-order valence-electron chi connectivity index (χ2n) is 7.66. The first-order valence-corrected chi connectivity index (χ1v) is 10.1. The molecule has 0 spiro atoms. The number of rotatable bonds is 5. The van der Waals surface area contributed by atoms with Gasteiger partial charge in [-0.3, -0.25) is 14.3 Å². The Bertz CT molecular complexity index is 1230. The highest BCUT2D eigenvalue weighted by atomic mass is 32.1. The zero-order valence-corrected chi connectivity index (χ0v) is 17.4. The lowest BCUT2D eigenvalue weighted by molar-refractivity contribution is -0.119. The first-order chi connectivity index (χ1) is 13.8. The van der Waals surface area contributed by atoms with Crippen LogP contribution >= 0.6 is 11.3 Å². The molecule has 0 atom stereocenters. The van der Waals surface area contributed by atoms with Gasteiger partial charge in [-0.2, -0.15) is 10.4 Å². The maximum atomic E-state index is 12.4. The normalized spacial score (nSPS) is 12.9. The van der Waals surface area contributed by atoms with E-state index in [2.05, 4.69) is 16.2 Å². The summed E-state index contributed by atoms with van der Waals surface area (Å²) in [6, 6.07) is 11.8. The van der Waals surface area contributed by atoms with E-state index in [-0.39, 0.29) is 11.3 Å². The van der Waals surface area contributed by atoms with Gasteiger partial charge in [-0.1, -0.05) is 51.1 Å². The summed E-state index contributed by atoms with van der Waals surface area (Å²) in [5, 5.41) is 13.4. The Morgan fingerprint density at radius 2 is 2.03 bits per heavy atom. The molecule has 29 heavy (non-hydrogen) atoms. The van der Waals surface area contributed by atoms with Crippen molar-refractivity contribution in [3.8, 4) is 17.3 Å². The zero-order chi connectivity index (χ0) is 21.0. The van der Waals surface area contributed by atoms with Gasteiger partial charge >= 0.3 is 0 Å². The highest BCUT2D eigenvalue weighted by Crippen LogP contribution is 2.22. The van der Waals surface area contributed by atoms with E-state index in [0.29, 0.717) is 22.2 Å². The molecule has 148 valence electrons. The average Bonchev–Trinajstić information content (AvgIpc) is 3.23. The summed E-state index contributed by atoms with van der Waals surface area (Å²) in [5.41, 5.74) is 1.71. The summed E-state index contributed by atoms with van der Waals surface area (Å²) in [5.74, 6) is -0.0455. The van der Waals surface area contributed by atoms with Crippen LogP contribution in [-0.2, 0) is 11.3 Å². The van der Waals surface area contributed by atoms with E-state index < -0.39 is 5.41 Å². The lowest BCUT2D eigenvalue weighted by atomic mass is 9.91. The predicted octanol–water partition coefficient (Wildman–Crippen LogP) is 2.44. The van der Waals surface area contributed by atoms with E-state index in [9.17, 15) is 9.59 Å². The largest absolute Gasteiger partial charge is 0.313 e. The molecule has 0 aliphatic heterocycles. The highest BCUT2D eigenvalue weighted by Gasteiger charge is 2.18. The molecule has 0 aliphatic rings. The fourth-order valence-electron chi connectivity index (χ4n) is 2.64. The van der Waals surface area contributed by atoms with Crippen molar-refractivity contribution >= 4 is 29.3 Å². The van der Waals surface area contributed by atoms with E-state index in [1.54, 1.807) is 10.8 Å². The van der Waals surface area contributed by atoms with Crippen molar-refractivity contribution in [3.63, 3.8) is 0 Å². The third-order valence-corrected chi connectivity index (χ3v) is 5.22. The fourth-order valence-corrected chi connectivity index (χ4v) is 3.52. The molecule has 0 unspecified atom stereocenters. The zero-order valence-electron chi connectivity index (χ0n) is 16.6. The van der Waals surface area contributed by atoms with Crippen molar-refractivity contribution in [2.75, 3.05) is 0 Å². The number of H-pyrrole nitrogens is 1. The first kappa shape index (κ1) is 20.5. The van der Waals surface area contributed by atoms with Gasteiger partial charge in [0.05, 0.1) is 33.9 Å². The summed E-state index contributed by atoms with van der Waals surface area (Å²) in [4.78, 5) is 27.4. The number of ketones is 1. The summed E-state index contributed by atoms with van der Waals surface area (Å²) >= 11 is 1.24. The second-order valence-corrected chi connectivity index (χ2v) is 8.74. The predicted molar refractivity (Wildman–Crippen MR) is 115 cm³/mol. The molecule has 0 saturated heterocycles. The Morgan fingerprint density at radius 3 is 2.69 bits per heavy atom. The maximum Gasteiger partial charge on any atom is 0.266 e. The van der Waals surface area contributed by atoms with Gasteiger partial charge in [-0.15, -0.1) is 11.3 Å². The number of hydrogen-bond acceptors (Lipinski definition) is 5. The van der Waals surface area contributed by atoms with Crippen molar-refractivity contribution in [1.82, 2.24) is 14.8 Å². The number of nitrogens with one attached hydrogen (secondary N) is 1. The van der Waals surface area contributed by atoms with E-state index in [0.717, 1.165) is 16.8 Å². The van der Waals surface area contributed by atoms with Crippen LogP contribution in [0.15, 0.2) is 41.3 Å². The van der Waals surface area contributed by atoms with Crippen LogP contribution < -0.4 is 14.8 Å². The van der Waals surface area contributed by atoms with Crippen molar-refractivity contribution in [2.45, 2.75) is 33.7 Å². The molecule has 0 fully saturated rings. The van der Waals surface area contributed by atoms with Crippen LogP contribution in [0.4, 0.5) is 0 Å². The van der Waals surface area contributed by atoms with Crippen LogP contribution in [0.2, 0.25) is 0 Å². The molecular weight excluding hydrogens is 384 g/mol. The Kier molecular flexibility index (Phi) is 5.95. The molecule has 1 N–H and O–H groups in total. The number of Topliss-reactive ketones (excluding diaryl/α,β-unsaturated/α-hetero) is 1. The molecule has 0 saturated carbocycles. The lowest BCUT2D eigenvalue weighted by Crippen LogP contribution is -2.22. The number of aromatic amines is 1. The molecule has 1 aromatic carbocycles. The molecule has 6 nitrogen and oxygen atoms in total. The molecule has 0 amide bonds. The average molecular weight is 407 g/mol. The topological polar surface area (TPSA) is 91.5 Å². The smallest absolute Gasteiger partial charge is 0.266 e. The number of nitrogens with zero attached hydrogens (tertiary/aromatic N) is 3. The van der Waals surface area contributed by atoms with Gasteiger partial charge in [0.1, 0.15) is 0 Å². The molecule has 7 heteroatoms. The highest BCUT2D eigenvalue weighted by molar-refractivity contribution is 7.07. The summed E-state index contributed by atoms with van der Waals surface area (Å²) in [6.45, 7) is 6.00. The van der Waals surface area contributed by atoms with E-state index in [1.165, 1.54) is 17.4 Å². The third kappa shape index (κ3) is 4.98. The van der Waals surface area contributed by atoms with Crippen LogP contribution in [-0.4, -0.2) is 20.5 Å². The first-order valence-electron chi connectivity index (χ1n) is 9.25. The minimum atomic E-state index is -0.507. The van der Waals surface area contributed by atoms with Gasteiger partial charge in [0.25, 0.3) is 5.56 Å². The number of hydrogen-bond donors (Lipinski definition) is 1. The van der Waals surface area contributed by atoms with Crippen LogP contribution in [0.3, 0.4) is 0 Å². The van der Waals surface area contributed by atoms with Crippen LogP contribution in [0.1, 0.15) is 32.8 Å². The molecule has 0 aliphatic carbocycles. The van der Waals surface area contributed by atoms with Crippen LogP contribution in [0.25, 0.3) is 23.4 Å². The standard InChI is InChI=1S/C22H22N4O2S/c1-22(2,3)18(27)13-19-24-21(28)17(29-19)12-16-14-26(11-7-10-23)25-20(16)15-8-5-4-6-9-15/h4-6,8-9,12-14H,7,11H2,1-3H3,(H,24,28). The van der Waals surface area contributed by atoms with Crippen LogP contribution in [0, 0.1) is 16.7 Å². The Balaban J connectivity index is 2.10. The number of aromatic nitrogens is 3. The van der Waals surface area contributed by atoms with Gasteiger partial charge in [-0.05, 0) is 6.08 Å². The third-order valence-electron chi connectivity index (χ3n) is 4.26. The fraction of sp³-hybridized carbons (Fsp3) is 0.273. The number of carbonyl (C=O) groups is 1. The quantitative estimate of drug-likeness (QED) is 0.704. The van der Waals surface area contributed by atoms with Gasteiger partial charge in [0.15, 0.2) is 5.78 Å². The monoisotopic (exact) mass is 406 g/mol. The Morgan fingerprint density at radius 1 is 1.31 bits per heavy atom. The Hall–Kier alpha value is -3.24. The van der Waals surface area contributed by atoms with Crippen molar-refractivity contribution < 1.29 is 4.79 Å². The summed E-state index contributed by atoms with van der Waals surface area (Å²) in [7, 11) is 0. The minimum absolute atomic E-state index is 0.0455. The molecule has 3 aromatic rings. The second kappa shape index (κ2) is 8.41. The number of benzene rings is 1. The molecule has 3 rings (SSSR count). The van der Waals surface area contributed by atoms with E-state index in [1.807, 2.05) is 57.3 Å². The minimum Gasteiger partial charge on any atom is -0.313 e. The van der Waals surface area contributed by atoms with Crippen molar-refractivity contribution in [3.05, 3.63) is 61.6 Å². The lowest BCUT2D eigenvalue weighted by Gasteiger charge is -2.12. The molecule has 2 heterocycles. The van der Waals surface area contributed by atoms with E-state index in [4.69, 9.17) is 5.26 Å². The number of carbonyl (C=O) groups excluding carboxylic acids is 1. The van der Waals surface area contributed by atoms with Gasteiger partial charge in [-0.25, -0.2) is 0 Å². The number of thiazole rings is 1. The van der Waals surface area contributed by atoms with Crippen LogP contribution in [0.5, 0.6) is 0 Å². The van der Waals surface area contributed by atoms with E-state index >= 15 is 0 Å². The molecular formula is C22H22N4O2S. The van der Waals surface area contributed by atoms with Gasteiger partial charge < -0.3 is 4.98 Å². The maximum absolute atomic E-state index is 12.4. The summed E-state index contributed by atoms with van der Waals surface area (Å²) < 4.78 is 2.74. The van der Waals surface area contributed by atoms with Crippen molar-refractivity contribution in [1.29, 1.82) is 5.26 Å². The van der Waals surface area contributed by atoms with Crippen molar-refractivity contribution in [2.24, 2.45) is 5.41 Å². The Labute approximate surface area is 172 Å². The molecule has 0 bridgehead atoms. The SMILES string of the molecule is CC(C)(C)C(=O)C=c1[nH]c(=O)c(=Cc2cn(CCC#N)nc2-c2ccccc2)s1.